The third-order valence-electron chi connectivity index (χ3n) is 4.64. The molecule has 2 amide bonds. The first-order valence-electron chi connectivity index (χ1n) is 8.87. The Morgan fingerprint density at radius 3 is 2.86 bits per heavy atom. The van der Waals surface area contributed by atoms with Crippen molar-refractivity contribution in [1.82, 2.24) is 14.8 Å². The number of hydrogen-bond donors (Lipinski definition) is 1. The van der Waals surface area contributed by atoms with Crippen LogP contribution in [0.2, 0.25) is 0 Å². The average Bonchev–Trinajstić information content (AvgIpc) is 3.32. The maximum Gasteiger partial charge on any atom is 0.229 e. The van der Waals surface area contributed by atoms with E-state index in [-0.39, 0.29) is 30.5 Å². The fourth-order valence-electron chi connectivity index (χ4n) is 3.28. The number of nitrogens with zero attached hydrogens (tertiary/aromatic N) is 4. The number of hydrogen-bond acceptors (Lipinski definition) is 4. The van der Waals surface area contributed by atoms with Crippen LogP contribution in [0.1, 0.15) is 12.0 Å². The van der Waals surface area contributed by atoms with Crippen molar-refractivity contribution in [2.75, 3.05) is 16.8 Å². The molecule has 28 heavy (non-hydrogen) atoms. The lowest BCUT2D eigenvalue weighted by molar-refractivity contribution is -0.122. The molecule has 1 aromatic heterocycles. The van der Waals surface area contributed by atoms with Crippen LogP contribution in [0.4, 0.5) is 15.8 Å². The molecule has 1 atom stereocenters. The fourth-order valence-corrected chi connectivity index (χ4v) is 3.28. The summed E-state index contributed by atoms with van der Waals surface area (Å²) in [7, 11) is 0. The molecule has 1 saturated heterocycles. The van der Waals surface area contributed by atoms with Gasteiger partial charge in [0.05, 0.1) is 18.2 Å². The smallest absolute Gasteiger partial charge is 0.229 e. The molecule has 1 unspecified atom stereocenters. The predicted molar refractivity (Wildman–Crippen MR) is 101 cm³/mol. The molecule has 2 aromatic carbocycles. The Kier molecular flexibility index (Phi) is 4.84. The van der Waals surface area contributed by atoms with Crippen molar-refractivity contribution < 1.29 is 14.0 Å². The van der Waals surface area contributed by atoms with E-state index in [1.807, 2.05) is 18.2 Å². The zero-order valence-corrected chi connectivity index (χ0v) is 15.0. The quantitative estimate of drug-likeness (QED) is 0.739. The van der Waals surface area contributed by atoms with Gasteiger partial charge < -0.3 is 10.2 Å². The Balaban J connectivity index is 1.43. The number of amides is 2. The summed E-state index contributed by atoms with van der Waals surface area (Å²) in [5, 5.41) is 6.92. The molecule has 1 N–H and O–H groups in total. The lowest BCUT2D eigenvalue weighted by Crippen LogP contribution is -2.28. The summed E-state index contributed by atoms with van der Waals surface area (Å²) >= 11 is 0. The molecule has 0 aliphatic carbocycles. The van der Waals surface area contributed by atoms with Crippen LogP contribution in [-0.4, -0.2) is 33.1 Å². The van der Waals surface area contributed by atoms with E-state index in [0.29, 0.717) is 12.2 Å². The molecule has 8 heteroatoms. The van der Waals surface area contributed by atoms with E-state index in [9.17, 15) is 14.0 Å². The molecule has 142 valence electrons. The van der Waals surface area contributed by atoms with E-state index >= 15 is 0 Å². The van der Waals surface area contributed by atoms with Gasteiger partial charge in [0, 0.05) is 18.7 Å². The number of aromatic nitrogens is 3. The summed E-state index contributed by atoms with van der Waals surface area (Å²) < 4.78 is 15.7. The van der Waals surface area contributed by atoms with Crippen molar-refractivity contribution in [1.29, 1.82) is 0 Å². The largest absolute Gasteiger partial charge is 0.326 e. The molecule has 7 nitrogen and oxygen atoms in total. The van der Waals surface area contributed by atoms with E-state index in [1.54, 1.807) is 35.3 Å². The molecule has 0 saturated carbocycles. The van der Waals surface area contributed by atoms with Gasteiger partial charge in [0.1, 0.15) is 18.5 Å². The summed E-state index contributed by atoms with van der Waals surface area (Å²) in [5.41, 5.74) is 1.80. The van der Waals surface area contributed by atoms with Crippen LogP contribution in [0, 0.1) is 11.7 Å². The zero-order valence-electron chi connectivity index (χ0n) is 15.0. The first kappa shape index (κ1) is 17.8. The Labute approximate surface area is 160 Å². The van der Waals surface area contributed by atoms with Crippen molar-refractivity contribution in [2.24, 2.45) is 5.92 Å². The second-order valence-corrected chi connectivity index (χ2v) is 6.64. The number of rotatable bonds is 5. The van der Waals surface area contributed by atoms with Crippen molar-refractivity contribution in [3.8, 4) is 0 Å². The third kappa shape index (κ3) is 3.75. The first-order valence-corrected chi connectivity index (χ1v) is 8.87. The monoisotopic (exact) mass is 379 g/mol. The maximum absolute atomic E-state index is 14.0. The molecule has 0 bridgehead atoms. The molecular formula is C20H18FN5O2. The number of carbonyl (C=O) groups excluding carboxylic acids is 2. The highest BCUT2D eigenvalue weighted by molar-refractivity contribution is 6.03. The van der Waals surface area contributed by atoms with Crippen LogP contribution in [0.3, 0.4) is 0 Å². The predicted octanol–water partition coefficient (Wildman–Crippen LogP) is 2.46. The van der Waals surface area contributed by atoms with Gasteiger partial charge in [-0.15, -0.1) is 0 Å². The topological polar surface area (TPSA) is 80.1 Å². The van der Waals surface area contributed by atoms with E-state index in [2.05, 4.69) is 15.4 Å². The first-order chi connectivity index (χ1) is 13.6. The van der Waals surface area contributed by atoms with E-state index in [0.717, 1.165) is 5.56 Å². The lowest BCUT2D eigenvalue weighted by atomic mass is 10.1. The maximum atomic E-state index is 14.0. The van der Waals surface area contributed by atoms with Crippen LogP contribution >= 0.6 is 0 Å². The zero-order chi connectivity index (χ0) is 19.5. The summed E-state index contributed by atoms with van der Waals surface area (Å²) in [6.07, 6.45) is 3.13. The molecule has 3 aromatic rings. The average molecular weight is 379 g/mol. The van der Waals surface area contributed by atoms with E-state index < -0.39 is 11.7 Å². The number of para-hydroxylation sites is 1. The Morgan fingerprint density at radius 2 is 2.07 bits per heavy atom. The van der Waals surface area contributed by atoms with Gasteiger partial charge in [0.25, 0.3) is 0 Å². The van der Waals surface area contributed by atoms with Crippen LogP contribution in [-0.2, 0) is 16.1 Å². The molecule has 2 heterocycles. The van der Waals surface area contributed by atoms with Gasteiger partial charge in [-0.25, -0.2) is 14.1 Å². The highest BCUT2D eigenvalue weighted by Gasteiger charge is 2.36. The van der Waals surface area contributed by atoms with E-state index in [4.69, 9.17) is 0 Å². The van der Waals surface area contributed by atoms with Gasteiger partial charge in [-0.1, -0.05) is 24.3 Å². The molecule has 0 radical (unpaired) electrons. The molecule has 1 aliphatic heterocycles. The lowest BCUT2D eigenvalue weighted by Gasteiger charge is -2.17. The van der Waals surface area contributed by atoms with Crippen molar-refractivity contribution >= 4 is 23.2 Å². The molecule has 0 spiro atoms. The second kappa shape index (κ2) is 7.59. The number of carbonyl (C=O) groups is 2. The summed E-state index contributed by atoms with van der Waals surface area (Å²) in [5.74, 6) is -1.53. The van der Waals surface area contributed by atoms with Crippen molar-refractivity contribution in [3.63, 3.8) is 0 Å². The van der Waals surface area contributed by atoms with Gasteiger partial charge >= 0.3 is 0 Å². The van der Waals surface area contributed by atoms with Crippen molar-refractivity contribution in [2.45, 2.75) is 13.0 Å². The van der Waals surface area contributed by atoms with Crippen LogP contribution in [0.5, 0.6) is 0 Å². The van der Waals surface area contributed by atoms with E-state index in [1.165, 1.54) is 17.3 Å². The minimum atomic E-state index is -0.536. The Morgan fingerprint density at radius 1 is 1.21 bits per heavy atom. The Bertz CT molecular complexity index is 1010. The summed E-state index contributed by atoms with van der Waals surface area (Å²) in [6, 6.07) is 13.5. The van der Waals surface area contributed by atoms with Crippen LogP contribution in [0.25, 0.3) is 0 Å². The fraction of sp³-hybridized carbons (Fsp3) is 0.200. The van der Waals surface area contributed by atoms with Crippen LogP contribution in [0.15, 0.2) is 61.2 Å². The SMILES string of the molecule is O=C(Nc1cccc(Cn2cncn2)c1)C1CC(=O)N(c2ccccc2F)C1. The summed E-state index contributed by atoms with van der Waals surface area (Å²) in [6.45, 7) is 0.691. The number of anilines is 2. The molecule has 4 rings (SSSR count). The van der Waals surface area contributed by atoms with Crippen LogP contribution < -0.4 is 10.2 Å². The van der Waals surface area contributed by atoms with Gasteiger partial charge in [0.2, 0.25) is 11.8 Å². The van der Waals surface area contributed by atoms with Gasteiger partial charge in [-0.05, 0) is 29.8 Å². The minimum absolute atomic E-state index is 0.0544. The molecule has 1 aliphatic rings. The number of halogens is 1. The minimum Gasteiger partial charge on any atom is -0.326 e. The molecular weight excluding hydrogens is 361 g/mol. The van der Waals surface area contributed by atoms with Gasteiger partial charge in [0.15, 0.2) is 0 Å². The normalized spacial score (nSPS) is 16.4. The number of benzene rings is 2. The standard InChI is InChI=1S/C20H18FN5O2/c21-17-6-1-2-7-18(17)26-11-15(9-19(26)27)20(28)24-16-5-3-4-14(8-16)10-25-13-22-12-23-25/h1-8,12-13,15H,9-11H2,(H,24,28). The summed E-state index contributed by atoms with van der Waals surface area (Å²) in [4.78, 5) is 30.2. The highest BCUT2D eigenvalue weighted by Crippen LogP contribution is 2.28. The number of nitrogens with one attached hydrogen (secondary N) is 1. The third-order valence-corrected chi connectivity index (χ3v) is 4.64. The Hall–Kier alpha value is -3.55. The second-order valence-electron chi connectivity index (χ2n) is 6.64. The highest BCUT2D eigenvalue weighted by atomic mass is 19.1. The van der Waals surface area contributed by atoms with Gasteiger partial charge in [-0.2, -0.15) is 5.10 Å². The molecule has 1 fully saturated rings. The van der Waals surface area contributed by atoms with Gasteiger partial charge in [-0.3, -0.25) is 9.59 Å². The van der Waals surface area contributed by atoms with Crippen molar-refractivity contribution in [3.05, 3.63) is 72.6 Å².